The van der Waals surface area contributed by atoms with Crippen molar-refractivity contribution < 1.29 is 4.74 Å². The Bertz CT molecular complexity index is 551. The molecule has 2 aromatic rings. The smallest absolute Gasteiger partial charge is 0.140 e. The summed E-state index contributed by atoms with van der Waals surface area (Å²) in [6.07, 6.45) is 2.06. The molecule has 0 amide bonds. The normalized spacial score (nSPS) is 10.9. The van der Waals surface area contributed by atoms with Gasteiger partial charge < -0.3 is 10.1 Å². The van der Waals surface area contributed by atoms with Crippen LogP contribution in [0, 0.1) is 5.92 Å². The Labute approximate surface area is 131 Å². The van der Waals surface area contributed by atoms with E-state index in [2.05, 4.69) is 43.6 Å². The Kier molecular flexibility index (Phi) is 6.15. The van der Waals surface area contributed by atoms with Crippen LogP contribution in [0.15, 0.2) is 53.4 Å². The molecule has 0 heterocycles. The molecule has 0 spiro atoms. The average molecular weight is 301 g/mol. The third-order valence-corrected chi connectivity index (χ3v) is 3.88. The second-order valence-electron chi connectivity index (χ2n) is 5.42. The molecule has 2 nitrogen and oxygen atoms in total. The quantitative estimate of drug-likeness (QED) is 0.731. The molecule has 0 unspecified atom stereocenters. The average Bonchev–Trinajstić information content (AvgIpc) is 2.49. The van der Waals surface area contributed by atoms with Crippen molar-refractivity contribution in [3.63, 3.8) is 0 Å². The van der Waals surface area contributed by atoms with Gasteiger partial charge in [-0.15, -0.1) is 11.8 Å². The molecule has 0 aliphatic heterocycles. The van der Waals surface area contributed by atoms with Crippen LogP contribution in [0.5, 0.6) is 11.5 Å². The van der Waals surface area contributed by atoms with E-state index in [-0.39, 0.29) is 0 Å². The van der Waals surface area contributed by atoms with Crippen LogP contribution < -0.4 is 10.1 Å². The molecule has 0 bridgehead atoms. The number of benzene rings is 2. The van der Waals surface area contributed by atoms with Crippen molar-refractivity contribution in [2.24, 2.45) is 5.92 Å². The molecule has 2 aromatic carbocycles. The first-order valence-electron chi connectivity index (χ1n) is 7.29. The van der Waals surface area contributed by atoms with Gasteiger partial charge in [0.15, 0.2) is 0 Å². The maximum absolute atomic E-state index is 5.96. The summed E-state index contributed by atoms with van der Waals surface area (Å²) in [4.78, 5) is 1.15. The minimum atomic E-state index is 0.677. The third kappa shape index (κ3) is 5.10. The van der Waals surface area contributed by atoms with Crippen LogP contribution in [0.2, 0.25) is 0 Å². The lowest BCUT2D eigenvalue weighted by atomic mass is 10.2. The van der Waals surface area contributed by atoms with Crippen molar-refractivity contribution >= 4 is 11.8 Å². The fraction of sp³-hybridized carbons (Fsp3) is 0.333. The standard InChI is InChI=1S/C18H23NOS/c1-14(2)12-19-13-15-8-10-16(11-9-15)20-17-6-4-5-7-18(17)21-3/h4-11,14,19H,12-13H2,1-3H3. The van der Waals surface area contributed by atoms with Gasteiger partial charge in [-0.2, -0.15) is 0 Å². The summed E-state index contributed by atoms with van der Waals surface area (Å²) in [7, 11) is 0. The third-order valence-electron chi connectivity index (χ3n) is 3.10. The van der Waals surface area contributed by atoms with Gasteiger partial charge >= 0.3 is 0 Å². The Morgan fingerprint density at radius 2 is 1.76 bits per heavy atom. The second-order valence-corrected chi connectivity index (χ2v) is 6.27. The second kappa shape index (κ2) is 8.11. The van der Waals surface area contributed by atoms with Crippen LogP contribution in [0.4, 0.5) is 0 Å². The van der Waals surface area contributed by atoms with Crippen molar-refractivity contribution in [3.8, 4) is 11.5 Å². The predicted octanol–water partition coefficient (Wildman–Crippen LogP) is 4.95. The van der Waals surface area contributed by atoms with Crippen molar-refractivity contribution in [3.05, 3.63) is 54.1 Å². The number of hydrogen-bond donors (Lipinski definition) is 1. The van der Waals surface area contributed by atoms with Crippen LogP contribution >= 0.6 is 11.8 Å². The summed E-state index contributed by atoms with van der Waals surface area (Å²) in [6.45, 7) is 6.37. The van der Waals surface area contributed by atoms with E-state index in [1.807, 2.05) is 30.3 Å². The van der Waals surface area contributed by atoms with E-state index in [0.717, 1.165) is 29.5 Å². The van der Waals surface area contributed by atoms with Gasteiger partial charge in [0.2, 0.25) is 0 Å². The summed E-state index contributed by atoms with van der Waals surface area (Å²) in [5.74, 6) is 2.47. The maximum atomic E-state index is 5.96. The molecule has 0 saturated carbocycles. The highest BCUT2D eigenvalue weighted by atomic mass is 32.2. The van der Waals surface area contributed by atoms with Gasteiger partial charge in [0.1, 0.15) is 11.5 Å². The molecule has 0 atom stereocenters. The molecule has 0 aromatic heterocycles. The minimum absolute atomic E-state index is 0.677. The molecule has 0 radical (unpaired) electrons. The van der Waals surface area contributed by atoms with Crippen molar-refractivity contribution in [2.45, 2.75) is 25.3 Å². The molecule has 21 heavy (non-hydrogen) atoms. The molecular weight excluding hydrogens is 278 g/mol. The fourth-order valence-corrected chi connectivity index (χ4v) is 2.54. The Hall–Kier alpha value is -1.45. The van der Waals surface area contributed by atoms with Gasteiger partial charge in [-0.1, -0.05) is 38.1 Å². The van der Waals surface area contributed by atoms with Crippen molar-refractivity contribution in [1.29, 1.82) is 0 Å². The molecule has 1 N–H and O–H groups in total. The number of rotatable bonds is 7. The molecular formula is C18H23NOS. The van der Waals surface area contributed by atoms with Crippen LogP contribution in [0.25, 0.3) is 0 Å². The van der Waals surface area contributed by atoms with Gasteiger partial charge in [0.05, 0.1) is 0 Å². The van der Waals surface area contributed by atoms with Crippen LogP contribution in [0.3, 0.4) is 0 Å². The molecule has 3 heteroatoms. The zero-order chi connectivity index (χ0) is 15.1. The van der Waals surface area contributed by atoms with Crippen LogP contribution in [0.1, 0.15) is 19.4 Å². The molecule has 2 rings (SSSR count). The lowest BCUT2D eigenvalue weighted by molar-refractivity contribution is 0.470. The number of hydrogen-bond acceptors (Lipinski definition) is 3. The zero-order valence-corrected chi connectivity index (χ0v) is 13.7. The number of nitrogens with one attached hydrogen (secondary N) is 1. The highest BCUT2D eigenvalue weighted by Gasteiger charge is 2.03. The van der Waals surface area contributed by atoms with Crippen LogP contribution in [-0.2, 0) is 6.54 Å². The van der Waals surface area contributed by atoms with Gasteiger partial charge in [-0.3, -0.25) is 0 Å². The molecule has 0 aliphatic carbocycles. The first kappa shape index (κ1) is 15.9. The molecule has 0 saturated heterocycles. The summed E-state index contributed by atoms with van der Waals surface area (Å²) in [5, 5.41) is 3.44. The predicted molar refractivity (Wildman–Crippen MR) is 91.3 cm³/mol. The first-order chi connectivity index (χ1) is 10.2. The SMILES string of the molecule is CSc1ccccc1Oc1ccc(CNCC(C)C)cc1. The van der Waals surface area contributed by atoms with E-state index in [4.69, 9.17) is 4.74 Å². The number of para-hydroxylation sites is 1. The number of thioether (sulfide) groups is 1. The molecule has 0 aliphatic rings. The Morgan fingerprint density at radius 1 is 1.05 bits per heavy atom. The zero-order valence-electron chi connectivity index (χ0n) is 12.9. The highest BCUT2D eigenvalue weighted by Crippen LogP contribution is 2.31. The van der Waals surface area contributed by atoms with Gasteiger partial charge in [0, 0.05) is 11.4 Å². The van der Waals surface area contributed by atoms with Gasteiger partial charge in [0.25, 0.3) is 0 Å². The van der Waals surface area contributed by atoms with Gasteiger partial charge in [-0.25, -0.2) is 0 Å². The monoisotopic (exact) mass is 301 g/mol. The van der Waals surface area contributed by atoms with Gasteiger partial charge in [-0.05, 0) is 48.5 Å². The lowest BCUT2D eigenvalue weighted by Crippen LogP contribution is -2.18. The van der Waals surface area contributed by atoms with E-state index in [9.17, 15) is 0 Å². The number of ether oxygens (including phenoxy) is 1. The maximum Gasteiger partial charge on any atom is 0.140 e. The van der Waals surface area contributed by atoms with Crippen LogP contribution in [-0.4, -0.2) is 12.8 Å². The molecule has 0 fully saturated rings. The van der Waals surface area contributed by atoms with E-state index in [0.29, 0.717) is 5.92 Å². The topological polar surface area (TPSA) is 21.3 Å². The van der Waals surface area contributed by atoms with E-state index >= 15 is 0 Å². The van der Waals surface area contributed by atoms with Crippen molar-refractivity contribution in [2.75, 3.05) is 12.8 Å². The van der Waals surface area contributed by atoms with E-state index in [1.165, 1.54) is 5.56 Å². The molecule has 112 valence electrons. The minimum Gasteiger partial charge on any atom is -0.456 e. The lowest BCUT2D eigenvalue weighted by Gasteiger charge is -2.11. The fourth-order valence-electron chi connectivity index (χ4n) is 2.01. The Morgan fingerprint density at radius 3 is 2.43 bits per heavy atom. The van der Waals surface area contributed by atoms with E-state index in [1.54, 1.807) is 11.8 Å². The summed E-state index contributed by atoms with van der Waals surface area (Å²) in [5.41, 5.74) is 1.28. The highest BCUT2D eigenvalue weighted by molar-refractivity contribution is 7.98. The first-order valence-corrected chi connectivity index (χ1v) is 8.52. The summed E-state index contributed by atoms with van der Waals surface area (Å²) >= 11 is 1.70. The summed E-state index contributed by atoms with van der Waals surface area (Å²) < 4.78 is 5.96. The Balaban J connectivity index is 1.96. The summed E-state index contributed by atoms with van der Waals surface area (Å²) in [6, 6.07) is 16.4. The largest absolute Gasteiger partial charge is 0.456 e. The van der Waals surface area contributed by atoms with Crippen molar-refractivity contribution in [1.82, 2.24) is 5.32 Å². The van der Waals surface area contributed by atoms with E-state index < -0.39 is 0 Å².